The molecule has 0 aromatic heterocycles. The molecule has 6 unspecified atom stereocenters. The van der Waals surface area contributed by atoms with E-state index in [1.54, 1.807) is 0 Å². The molecule has 0 aliphatic rings. The number of hydrogen-bond donors (Lipinski definition) is 3. The van der Waals surface area contributed by atoms with Crippen LogP contribution >= 0.6 is 7.82 Å². The van der Waals surface area contributed by atoms with E-state index in [-0.39, 0.29) is 18.3 Å². The van der Waals surface area contributed by atoms with Gasteiger partial charge in [0.1, 0.15) is 70.1 Å². The Morgan fingerprint density at radius 1 is 0.324 bits per heavy atom. The molecule has 0 heterocycles. The van der Waals surface area contributed by atoms with Crippen LogP contribution in [0.5, 0.6) is 0 Å². The van der Waals surface area contributed by atoms with Crippen LogP contribution in [0, 0.1) is 0 Å². The van der Waals surface area contributed by atoms with Crippen molar-refractivity contribution in [1.29, 1.82) is 0 Å². The summed E-state index contributed by atoms with van der Waals surface area (Å²) < 4.78 is 25.5. The Morgan fingerprint density at radius 2 is 0.500 bits per heavy atom. The summed E-state index contributed by atoms with van der Waals surface area (Å²) in [7, 11) is -4.21. The number of hydrogen-bond acceptors (Lipinski definition) is 10. The van der Waals surface area contributed by atoms with Gasteiger partial charge in [-0.15, -0.1) is 0 Å². The van der Waals surface area contributed by atoms with Gasteiger partial charge >= 0.3 is 0 Å². The average Bonchev–Trinajstić information content (AvgIpc) is 3.36. The second-order valence-corrected chi connectivity index (χ2v) is 29.0. The predicted molar refractivity (Wildman–Crippen MR) is 327 cm³/mol. The van der Waals surface area contributed by atoms with Crippen LogP contribution in [0.25, 0.3) is 0 Å². The van der Waals surface area contributed by atoms with Crippen LogP contribution in [-0.2, 0) is 51.5 Å². The van der Waals surface area contributed by atoms with E-state index >= 15 is 0 Å². The highest BCUT2D eigenvalue weighted by Gasteiger charge is 2.22. The second-order valence-electron chi connectivity index (χ2n) is 20.5. The molecule has 3 N–H and O–H groups in total. The molecule has 0 saturated carbocycles. The van der Waals surface area contributed by atoms with Crippen molar-refractivity contribution in [2.75, 3.05) is 91.4 Å². The van der Waals surface area contributed by atoms with Gasteiger partial charge in [-0.3, -0.25) is 0 Å². The zero-order valence-corrected chi connectivity index (χ0v) is 53.9. The van der Waals surface area contributed by atoms with Crippen molar-refractivity contribution in [3.63, 3.8) is 0 Å². The molecule has 452 valence electrons. The van der Waals surface area contributed by atoms with Gasteiger partial charge in [-0.25, -0.2) is 0 Å². The molecule has 10 nitrogen and oxygen atoms in total. The third-order valence-electron chi connectivity index (χ3n) is 12.8. The number of aliphatic hydroxyl groups is 3. The molecule has 0 fully saturated rings. The van der Waals surface area contributed by atoms with Crippen LogP contribution in [0.4, 0.5) is 0 Å². The minimum Gasteiger partial charge on any atom is -0.822 e. The Morgan fingerprint density at radius 3 is 0.662 bits per heavy atom. The van der Waals surface area contributed by atoms with Crippen molar-refractivity contribution < 1.29 is 48.8 Å². The van der Waals surface area contributed by atoms with E-state index in [1.807, 2.05) is 0 Å². The van der Waals surface area contributed by atoms with Gasteiger partial charge in [-0.05, 0) is 92.0 Å². The first-order chi connectivity index (χ1) is 35.7. The number of ether oxygens (including phenoxy) is 3. The summed E-state index contributed by atoms with van der Waals surface area (Å²) in [6, 6.07) is 0. The lowest BCUT2D eigenvalue weighted by Crippen LogP contribution is -2.28. The maximum Gasteiger partial charge on any atom is 0.136 e. The molecule has 0 aliphatic heterocycles. The van der Waals surface area contributed by atoms with Gasteiger partial charge in [0.15, 0.2) is 0 Å². The third-order valence-corrected chi connectivity index (χ3v) is 20.8. The smallest absolute Gasteiger partial charge is 0.136 e. The lowest BCUT2D eigenvalue weighted by Gasteiger charge is -2.36. The van der Waals surface area contributed by atoms with Gasteiger partial charge in [-0.2, -0.15) is 7.82 Å². The summed E-state index contributed by atoms with van der Waals surface area (Å²) in [5.41, 5.74) is 0. The molecule has 0 aromatic carbocycles. The fourth-order valence-corrected chi connectivity index (χ4v) is 14.3. The summed E-state index contributed by atoms with van der Waals surface area (Å²) in [4.78, 5) is 25.6. The molecular weight excluding hydrogens is 1010 g/mol. The highest BCUT2D eigenvalue weighted by Crippen LogP contribution is 2.14. The lowest BCUT2D eigenvalue weighted by atomic mass is 10.1. The minimum atomic E-state index is -5.39. The van der Waals surface area contributed by atoms with Crippen LogP contribution in [0.1, 0.15) is 274 Å². The normalized spacial score (nSPS) is 13.9. The molecule has 0 spiro atoms. The van der Waals surface area contributed by atoms with Gasteiger partial charge in [0.2, 0.25) is 0 Å². The highest BCUT2D eigenvalue weighted by atomic mass is 32.2. The molecular formula is C60H129O10PS3. The SMILES string of the molecule is CCCCCCCCCCCCOCC(O)C[S+](CC)CCC.CCCCCCCCCCCCOCC(O)C[S+](CC)CCC.CCCCCCCCCCCCOCC(O)C[S+](CC)CCC.O=P([O-])([O-])[O-]. The Bertz CT molecular complexity index is 933. The van der Waals surface area contributed by atoms with Crippen LogP contribution < -0.4 is 14.7 Å². The first-order valence-electron chi connectivity index (χ1n) is 31.1. The zero-order chi connectivity index (χ0) is 56.0. The van der Waals surface area contributed by atoms with Crippen molar-refractivity contribution in [3.05, 3.63) is 0 Å². The molecule has 0 bridgehead atoms. The molecule has 0 radical (unpaired) electrons. The fourth-order valence-electron chi connectivity index (χ4n) is 8.60. The average molecular weight is 1140 g/mol. The quantitative estimate of drug-likeness (QED) is 0.0302. The van der Waals surface area contributed by atoms with Crippen molar-refractivity contribution in [2.45, 2.75) is 293 Å². The van der Waals surface area contributed by atoms with E-state index < -0.39 is 7.82 Å². The van der Waals surface area contributed by atoms with Crippen LogP contribution in [0.2, 0.25) is 0 Å². The fraction of sp³-hybridized carbons (Fsp3) is 1.00. The summed E-state index contributed by atoms with van der Waals surface area (Å²) in [6.07, 6.45) is 43.6. The van der Waals surface area contributed by atoms with Gasteiger partial charge in [0.05, 0.1) is 19.8 Å². The summed E-state index contributed by atoms with van der Waals surface area (Å²) >= 11 is 0. The standard InChI is InChI=1S/3C20H43O2S.H3O4P/c3*1-4-7-8-9-10-11-12-13-14-15-16-22-18-20(21)19-23(6-3)17-5-2;1-5(2,3)4/h3*20-21H,4-19H2,1-3H3;(H3,1,2,3,4)/q3*+1;/p-3. The molecule has 0 rings (SSSR count). The molecule has 0 aliphatic carbocycles. The van der Waals surface area contributed by atoms with Crippen molar-refractivity contribution >= 4 is 40.5 Å². The number of rotatable bonds is 54. The third kappa shape index (κ3) is 77.2. The van der Waals surface area contributed by atoms with Gasteiger partial charge < -0.3 is 48.8 Å². The van der Waals surface area contributed by atoms with Gasteiger partial charge in [0.25, 0.3) is 0 Å². The minimum absolute atomic E-state index is 0.257. The monoisotopic (exact) mass is 1140 g/mol. The van der Waals surface area contributed by atoms with E-state index in [0.717, 1.165) is 56.3 Å². The summed E-state index contributed by atoms with van der Waals surface area (Å²) in [6.45, 7) is 24.3. The second kappa shape index (κ2) is 68.2. The molecule has 0 amide bonds. The molecule has 14 heteroatoms. The van der Waals surface area contributed by atoms with Crippen LogP contribution in [-0.4, -0.2) is 125 Å². The van der Waals surface area contributed by atoms with Crippen LogP contribution in [0.15, 0.2) is 0 Å². The Balaban J connectivity index is -0.000000473. The molecule has 6 atom stereocenters. The van der Waals surface area contributed by atoms with Gasteiger partial charge in [0, 0.05) is 19.8 Å². The number of aliphatic hydroxyl groups excluding tert-OH is 3. The molecule has 0 saturated heterocycles. The highest BCUT2D eigenvalue weighted by molar-refractivity contribution is 7.97. The van der Waals surface area contributed by atoms with Crippen molar-refractivity contribution in [1.82, 2.24) is 0 Å². The maximum absolute atomic E-state index is 10.0. The maximum atomic E-state index is 10.0. The Kier molecular flexibility index (Phi) is 75.0. The lowest BCUT2D eigenvalue weighted by molar-refractivity contribution is -0.432. The van der Waals surface area contributed by atoms with E-state index in [1.165, 1.54) is 227 Å². The molecule has 0 aromatic rings. The topological polar surface area (TPSA) is 175 Å². The van der Waals surface area contributed by atoms with Crippen molar-refractivity contribution in [3.8, 4) is 0 Å². The van der Waals surface area contributed by atoms with E-state index in [9.17, 15) is 15.3 Å². The Hall–Kier alpha value is 0.920. The summed E-state index contributed by atoms with van der Waals surface area (Å²) in [5, 5.41) is 30.1. The number of unbranched alkanes of at least 4 members (excludes halogenated alkanes) is 27. The first kappa shape index (κ1) is 81.4. The summed E-state index contributed by atoms with van der Waals surface area (Å²) in [5.74, 6) is 10.2. The Labute approximate surface area is 470 Å². The predicted octanol–water partition coefficient (Wildman–Crippen LogP) is 13.2. The largest absolute Gasteiger partial charge is 0.822 e. The zero-order valence-electron chi connectivity index (χ0n) is 50.5. The van der Waals surface area contributed by atoms with E-state index in [2.05, 4.69) is 62.3 Å². The number of phosphoric acid groups is 1. The van der Waals surface area contributed by atoms with Crippen molar-refractivity contribution in [2.24, 2.45) is 0 Å². The van der Waals surface area contributed by atoms with Crippen LogP contribution in [0.3, 0.4) is 0 Å². The van der Waals surface area contributed by atoms with E-state index in [4.69, 9.17) is 33.5 Å². The first-order valence-corrected chi connectivity index (χ1v) is 37.8. The molecule has 74 heavy (non-hydrogen) atoms. The van der Waals surface area contributed by atoms with Gasteiger partial charge in [-0.1, -0.05) is 215 Å². The van der Waals surface area contributed by atoms with E-state index in [0.29, 0.717) is 52.5 Å².